The van der Waals surface area contributed by atoms with E-state index in [1.807, 2.05) is 41.3 Å². The summed E-state index contributed by atoms with van der Waals surface area (Å²) in [6, 6.07) is 14.7. The zero-order valence-electron chi connectivity index (χ0n) is 15.1. The molecule has 1 amide bonds. The van der Waals surface area contributed by atoms with E-state index in [2.05, 4.69) is 10.1 Å². The zero-order valence-corrected chi connectivity index (χ0v) is 15.1. The summed E-state index contributed by atoms with van der Waals surface area (Å²) in [5, 5.41) is 13.2. The van der Waals surface area contributed by atoms with Gasteiger partial charge in [-0.1, -0.05) is 17.3 Å². The molecule has 138 valence electrons. The standard InChI is InChI=1S/C21H21N3O3/c1-14-22-20(27-23-14)17-2-4-18(5-3-17)21(26)24-12-10-16(11-13-24)15-6-8-19(25)9-7-15/h2-9,16,25H,10-13H2,1H3. The largest absolute Gasteiger partial charge is 0.508 e. The molecule has 0 atom stereocenters. The van der Waals surface area contributed by atoms with Crippen LogP contribution >= 0.6 is 0 Å². The monoisotopic (exact) mass is 363 g/mol. The normalized spacial score (nSPS) is 15.1. The molecule has 0 aliphatic carbocycles. The number of nitrogens with zero attached hydrogens (tertiary/aromatic N) is 3. The number of benzene rings is 2. The van der Waals surface area contributed by atoms with Crippen LogP contribution in [0, 0.1) is 6.92 Å². The van der Waals surface area contributed by atoms with Gasteiger partial charge in [0.25, 0.3) is 11.8 Å². The molecule has 1 saturated heterocycles. The molecule has 0 saturated carbocycles. The molecule has 2 heterocycles. The van der Waals surface area contributed by atoms with E-state index < -0.39 is 0 Å². The molecule has 1 N–H and O–H groups in total. The number of likely N-dealkylation sites (tertiary alicyclic amines) is 1. The number of aryl methyl sites for hydroxylation is 1. The molecular weight excluding hydrogens is 342 g/mol. The van der Waals surface area contributed by atoms with Crippen LogP contribution < -0.4 is 0 Å². The molecule has 0 bridgehead atoms. The van der Waals surface area contributed by atoms with Crippen molar-refractivity contribution in [2.75, 3.05) is 13.1 Å². The number of aromatic hydroxyl groups is 1. The lowest BCUT2D eigenvalue weighted by molar-refractivity contribution is 0.0713. The average molecular weight is 363 g/mol. The topological polar surface area (TPSA) is 79.5 Å². The van der Waals surface area contributed by atoms with Crippen LogP contribution in [0.25, 0.3) is 11.5 Å². The quantitative estimate of drug-likeness (QED) is 0.766. The molecule has 1 aliphatic rings. The third kappa shape index (κ3) is 3.69. The molecule has 1 fully saturated rings. The molecule has 2 aromatic carbocycles. The second kappa shape index (κ2) is 7.23. The number of phenols is 1. The minimum atomic E-state index is 0.0485. The summed E-state index contributed by atoms with van der Waals surface area (Å²) in [7, 11) is 0. The van der Waals surface area contributed by atoms with Crippen molar-refractivity contribution in [1.82, 2.24) is 15.0 Å². The number of amides is 1. The van der Waals surface area contributed by atoms with Gasteiger partial charge in [0, 0.05) is 24.2 Å². The SMILES string of the molecule is Cc1noc(-c2ccc(C(=O)N3CCC(c4ccc(O)cc4)CC3)cc2)n1. The predicted molar refractivity (Wildman–Crippen MR) is 100 cm³/mol. The number of carbonyl (C=O) groups excluding carboxylic acids is 1. The van der Waals surface area contributed by atoms with Gasteiger partial charge in [-0.05, 0) is 67.6 Å². The van der Waals surface area contributed by atoms with Crippen LogP contribution in [0.5, 0.6) is 5.75 Å². The van der Waals surface area contributed by atoms with Crippen molar-refractivity contribution in [2.24, 2.45) is 0 Å². The van der Waals surface area contributed by atoms with E-state index in [0.717, 1.165) is 31.5 Å². The number of rotatable bonds is 3. The number of carbonyl (C=O) groups is 1. The van der Waals surface area contributed by atoms with Crippen molar-refractivity contribution >= 4 is 5.91 Å². The molecule has 0 spiro atoms. The Morgan fingerprint density at radius 2 is 1.74 bits per heavy atom. The Bertz CT molecular complexity index is 924. The molecule has 4 rings (SSSR count). The summed E-state index contributed by atoms with van der Waals surface area (Å²) in [4.78, 5) is 18.9. The molecular formula is C21H21N3O3. The molecule has 0 radical (unpaired) electrons. The smallest absolute Gasteiger partial charge is 0.257 e. The first-order valence-corrected chi connectivity index (χ1v) is 9.09. The van der Waals surface area contributed by atoms with Crippen molar-refractivity contribution in [1.29, 1.82) is 0 Å². The van der Waals surface area contributed by atoms with Crippen LogP contribution in [0.3, 0.4) is 0 Å². The van der Waals surface area contributed by atoms with Crippen molar-refractivity contribution in [3.63, 3.8) is 0 Å². The van der Waals surface area contributed by atoms with Gasteiger partial charge in [-0.25, -0.2) is 0 Å². The summed E-state index contributed by atoms with van der Waals surface area (Å²) < 4.78 is 5.16. The summed E-state index contributed by atoms with van der Waals surface area (Å²) >= 11 is 0. The minimum Gasteiger partial charge on any atom is -0.508 e. The number of phenolic OH excluding ortho intramolecular Hbond substituents is 1. The van der Waals surface area contributed by atoms with Crippen LogP contribution in [0.4, 0.5) is 0 Å². The van der Waals surface area contributed by atoms with Gasteiger partial charge in [0.15, 0.2) is 5.82 Å². The first-order valence-electron chi connectivity index (χ1n) is 9.09. The van der Waals surface area contributed by atoms with E-state index in [0.29, 0.717) is 23.2 Å². The number of hydrogen-bond donors (Lipinski definition) is 1. The highest BCUT2D eigenvalue weighted by molar-refractivity contribution is 5.94. The van der Waals surface area contributed by atoms with E-state index in [1.165, 1.54) is 5.56 Å². The van der Waals surface area contributed by atoms with Crippen molar-refractivity contribution in [2.45, 2.75) is 25.7 Å². The van der Waals surface area contributed by atoms with Crippen LogP contribution in [0.2, 0.25) is 0 Å². The van der Waals surface area contributed by atoms with Crippen LogP contribution in [0.15, 0.2) is 53.1 Å². The average Bonchev–Trinajstić information content (AvgIpc) is 3.15. The first-order chi connectivity index (χ1) is 13.1. The lowest BCUT2D eigenvalue weighted by atomic mass is 9.89. The third-order valence-electron chi connectivity index (χ3n) is 5.05. The van der Waals surface area contributed by atoms with E-state index in [9.17, 15) is 9.90 Å². The fourth-order valence-corrected chi connectivity index (χ4v) is 3.51. The van der Waals surface area contributed by atoms with E-state index in [4.69, 9.17) is 4.52 Å². The highest BCUT2D eigenvalue weighted by Crippen LogP contribution is 2.29. The molecule has 27 heavy (non-hydrogen) atoms. The first kappa shape index (κ1) is 17.3. The summed E-state index contributed by atoms with van der Waals surface area (Å²) in [6.45, 7) is 3.23. The summed E-state index contributed by atoms with van der Waals surface area (Å²) in [5.74, 6) is 1.80. The van der Waals surface area contributed by atoms with Gasteiger partial charge in [-0.15, -0.1) is 0 Å². The highest BCUT2D eigenvalue weighted by Gasteiger charge is 2.24. The summed E-state index contributed by atoms with van der Waals surface area (Å²) in [5.41, 5.74) is 2.69. The molecule has 6 heteroatoms. The van der Waals surface area contributed by atoms with Crippen LogP contribution in [-0.4, -0.2) is 39.1 Å². The van der Waals surface area contributed by atoms with Crippen molar-refractivity contribution < 1.29 is 14.4 Å². The second-order valence-corrected chi connectivity index (χ2v) is 6.88. The number of hydrogen-bond acceptors (Lipinski definition) is 5. The third-order valence-corrected chi connectivity index (χ3v) is 5.05. The highest BCUT2D eigenvalue weighted by atomic mass is 16.5. The maximum atomic E-state index is 12.8. The Kier molecular flexibility index (Phi) is 4.62. The Morgan fingerprint density at radius 1 is 1.07 bits per heavy atom. The van der Waals surface area contributed by atoms with E-state index >= 15 is 0 Å². The molecule has 1 aromatic heterocycles. The Hall–Kier alpha value is -3.15. The fourth-order valence-electron chi connectivity index (χ4n) is 3.51. The van der Waals surface area contributed by atoms with Crippen molar-refractivity contribution in [3.8, 4) is 17.2 Å². The lowest BCUT2D eigenvalue weighted by Crippen LogP contribution is -2.37. The van der Waals surface area contributed by atoms with Gasteiger partial charge in [0.05, 0.1) is 0 Å². The Balaban J connectivity index is 1.39. The van der Waals surface area contributed by atoms with Crippen LogP contribution in [0.1, 0.15) is 40.5 Å². The Labute approximate surface area is 157 Å². The number of piperidine rings is 1. The lowest BCUT2D eigenvalue weighted by Gasteiger charge is -2.32. The maximum absolute atomic E-state index is 12.8. The Morgan fingerprint density at radius 3 is 2.33 bits per heavy atom. The second-order valence-electron chi connectivity index (χ2n) is 6.88. The van der Waals surface area contributed by atoms with E-state index in [1.54, 1.807) is 19.1 Å². The van der Waals surface area contributed by atoms with Gasteiger partial charge in [0.2, 0.25) is 0 Å². The maximum Gasteiger partial charge on any atom is 0.257 e. The van der Waals surface area contributed by atoms with Crippen molar-refractivity contribution in [3.05, 3.63) is 65.5 Å². The molecule has 6 nitrogen and oxygen atoms in total. The number of aromatic nitrogens is 2. The fraction of sp³-hybridized carbons (Fsp3) is 0.286. The van der Waals surface area contributed by atoms with Gasteiger partial charge in [-0.2, -0.15) is 4.98 Å². The van der Waals surface area contributed by atoms with Gasteiger partial charge >= 0.3 is 0 Å². The van der Waals surface area contributed by atoms with Gasteiger partial charge in [-0.3, -0.25) is 4.79 Å². The molecule has 3 aromatic rings. The predicted octanol–water partition coefficient (Wildman–Crippen LogP) is 3.77. The van der Waals surface area contributed by atoms with Gasteiger partial charge in [0.1, 0.15) is 5.75 Å². The minimum absolute atomic E-state index is 0.0485. The van der Waals surface area contributed by atoms with Crippen LogP contribution in [-0.2, 0) is 0 Å². The van der Waals surface area contributed by atoms with Gasteiger partial charge < -0.3 is 14.5 Å². The molecule has 1 aliphatic heterocycles. The van der Waals surface area contributed by atoms with E-state index in [-0.39, 0.29) is 11.7 Å². The summed E-state index contributed by atoms with van der Waals surface area (Å²) in [6.07, 6.45) is 1.85. The molecule has 0 unspecified atom stereocenters. The zero-order chi connectivity index (χ0) is 18.8.